The van der Waals surface area contributed by atoms with Gasteiger partial charge in [0.15, 0.2) is 11.4 Å². The lowest BCUT2D eigenvalue weighted by atomic mass is 10.1. The minimum atomic E-state index is -1.64. The average Bonchev–Trinajstić information content (AvgIpc) is 2.84. The smallest absolute Gasteiger partial charge is 0.356 e. The van der Waals surface area contributed by atoms with Crippen molar-refractivity contribution in [2.24, 2.45) is 10.3 Å². The third kappa shape index (κ3) is 8.07. The Balaban J connectivity index is 1.80. The maximum absolute atomic E-state index is 12.1. The van der Waals surface area contributed by atoms with Crippen LogP contribution in [0, 0.1) is 0 Å². The second-order valence-electron chi connectivity index (χ2n) is 7.11. The number of hydrogen-bond acceptors (Lipinski definition) is 12. The first-order valence-corrected chi connectivity index (χ1v) is 9.91. The van der Waals surface area contributed by atoms with Gasteiger partial charge in [-0.2, -0.15) is 0 Å². The number of carbonyl (C=O) groups excluding carboxylic acids is 2. The highest BCUT2D eigenvalue weighted by Crippen LogP contribution is 2.12. The fourth-order valence-corrected chi connectivity index (χ4v) is 2.62. The van der Waals surface area contributed by atoms with Crippen molar-refractivity contribution in [3.05, 3.63) is 59.7 Å². The van der Waals surface area contributed by atoms with Crippen LogP contribution in [0.5, 0.6) is 11.5 Å². The number of nitrogens with zero attached hydrogens (tertiary/aromatic N) is 2. The topological polar surface area (TPSA) is 199 Å². The highest BCUT2D eigenvalue weighted by atomic mass is 16.6. The molecule has 0 heterocycles. The summed E-state index contributed by atoms with van der Waals surface area (Å²) < 4.78 is 9.65. The van der Waals surface area contributed by atoms with Gasteiger partial charge in [0.25, 0.3) is 0 Å². The molecule has 12 nitrogen and oxygen atoms in total. The molecule has 0 fully saturated rings. The van der Waals surface area contributed by atoms with E-state index >= 15 is 0 Å². The SMILES string of the molecule is O=C(OC[C@@H](O)[C@@H](O)COC(=O)C(Cc1ccc(O)cc1)=NO)C(Cc1ccc(O)cc1)=NO. The minimum absolute atomic E-state index is 0.0179. The summed E-state index contributed by atoms with van der Waals surface area (Å²) in [7, 11) is 0. The largest absolute Gasteiger partial charge is 0.508 e. The lowest BCUT2D eigenvalue weighted by Gasteiger charge is -2.18. The number of oxime groups is 2. The van der Waals surface area contributed by atoms with E-state index in [9.17, 15) is 30.0 Å². The highest BCUT2D eigenvalue weighted by molar-refractivity contribution is 6.37. The van der Waals surface area contributed by atoms with E-state index in [1.165, 1.54) is 48.5 Å². The second kappa shape index (κ2) is 12.8. The number of phenolic OH excluding ortho intramolecular Hbond substituents is 2. The lowest BCUT2D eigenvalue weighted by molar-refractivity contribution is -0.148. The van der Waals surface area contributed by atoms with Crippen LogP contribution in [0.25, 0.3) is 0 Å². The van der Waals surface area contributed by atoms with E-state index in [2.05, 4.69) is 10.3 Å². The molecule has 0 bridgehead atoms. The van der Waals surface area contributed by atoms with Crippen molar-refractivity contribution in [1.82, 2.24) is 0 Å². The van der Waals surface area contributed by atoms with E-state index in [4.69, 9.17) is 19.9 Å². The molecule has 34 heavy (non-hydrogen) atoms. The van der Waals surface area contributed by atoms with E-state index in [1.54, 1.807) is 0 Å². The first kappa shape index (κ1) is 26.1. The van der Waals surface area contributed by atoms with E-state index < -0.39 is 37.4 Å². The number of carbonyl (C=O) groups is 2. The number of esters is 2. The first-order chi connectivity index (χ1) is 16.2. The Kier molecular flexibility index (Phi) is 9.80. The van der Waals surface area contributed by atoms with Crippen molar-refractivity contribution in [3.63, 3.8) is 0 Å². The molecule has 0 saturated heterocycles. The number of aliphatic hydroxyl groups excluding tert-OH is 2. The number of hydrogen-bond donors (Lipinski definition) is 6. The first-order valence-electron chi connectivity index (χ1n) is 9.91. The fraction of sp³-hybridized carbons (Fsp3) is 0.273. The van der Waals surface area contributed by atoms with Crippen LogP contribution in [-0.4, -0.2) is 79.6 Å². The third-order valence-corrected chi connectivity index (χ3v) is 4.54. The summed E-state index contributed by atoms with van der Waals surface area (Å²) in [5, 5.41) is 62.3. The quantitative estimate of drug-likeness (QED) is 0.114. The molecule has 0 aliphatic carbocycles. The molecule has 0 aliphatic rings. The van der Waals surface area contributed by atoms with Gasteiger partial charge in [-0.15, -0.1) is 0 Å². The molecule has 0 aliphatic heterocycles. The molecule has 2 aromatic rings. The Morgan fingerprint density at radius 1 is 0.676 bits per heavy atom. The summed E-state index contributed by atoms with van der Waals surface area (Å²) >= 11 is 0. The van der Waals surface area contributed by atoms with Crippen LogP contribution in [0.1, 0.15) is 11.1 Å². The van der Waals surface area contributed by atoms with Gasteiger partial charge in [-0.05, 0) is 35.4 Å². The van der Waals surface area contributed by atoms with Crippen LogP contribution in [0.15, 0.2) is 58.8 Å². The standard InChI is InChI=1S/C22H24N2O10/c25-15-5-1-13(2-6-15)9-17(23-31)21(29)33-11-19(27)20(28)12-34-22(30)18(24-32)10-14-3-7-16(26)8-4-14/h1-8,19-20,25-28,31-32H,9-12H2/t19-,20+. The average molecular weight is 476 g/mol. The minimum Gasteiger partial charge on any atom is -0.508 e. The Morgan fingerprint density at radius 2 is 1.00 bits per heavy atom. The zero-order valence-corrected chi connectivity index (χ0v) is 17.8. The fourth-order valence-electron chi connectivity index (χ4n) is 2.62. The number of ether oxygens (including phenoxy) is 2. The molecule has 0 saturated carbocycles. The summed E-state index contributed by atoms with van der Waals surface area (Å²) in [6, 6.07) is 11.6. The molecule has 2 atom stereocenters. The van der Waals surface area contributed by atoms with Gasteiger partial charge in [0.2, 0.25) is 0 Å². The number of aliphatic hydroxyl groups is 2. The zero-order chi connectivity index (χ0) is 25.1. The van der Waals surface area contributed by atoms with Gasteiger partial charge < -0.3 is 40.3 Å². The monoisotopic (exact) mass is 476 g/mol. The lowest BCUT2D eigenvalue weighted by Crippen LogP contribution is -2.37. The second-order valence-corrected chi connectivity index (χ2v) is 7.11. The molecule has 6 N–H and O–H groups in total. The zero-order valence-electron chi connectivity index (χ0n) is 17.8. The van der Waals surface area contributed by atoms with Crippen molar-refractivity contribution in [1.29, 1.82) is 0 Å². The van der Waals surface area contributed by atoms with Gasteiger partial charge in [-0.1, -0.05) is 34.6 Å². The van der Waals surface area contributed by atoms with E-state index in [1.807, 2.05) is 0 Å². The summed E-state index contributed by atoms with van der Waals surface area (Å²) in [5.41, 5.74) is 0.334. The molecule has 0 spiro atoms. The van der Waals surface area contributed by atoms with Crippen LogP contribution in [0.2, 0.25) is 0 Å². The molecular weight excluding hydrogens is 452 g/mol. The van der Waals surface area contributed by atoms with Crippen molar-refractivity contribution >= 4 is 23.4 Å². The number of rotatable bonds is 11. The molecule has 12 heteroatoms. The third-order valence-electron chi connectivity index (χ3n) is 4.54. The molecule has 0 unspecified atom stereocenters. The summed E-state index contributed by atoms with van der Waals surface area (Å²) in [5.74, 6) is -2.07. The molecule has 0 amide bonds. The van der Waals surface area contributed by atoms with Crippen LogP contribution in [0.4, 0.5) is 0 Å². The van der Waals surface area contributed by atoms with Gasteiger partial charge in [0.05, 0.1) is 0 Å². The van der Waals surface area contributed by atoms with Gasteiger partial charge in [0.1, 0.15) is 36.9 Å². The van der Waals surface area contributed by atoms with E-state index in [0.29, 0.717) is 11.1 Å². The Hall–Kier alpha value is -4.16. The van der Waals surface area contributed by atoms with Crippen LogP contribution >= 0.6 is 0 Å². The van der Waals surface area contributed by atoms with E-state index in [-0.39, 0.29) is 35.8 Å². The maximum atomic E-state index is 12.1. The van der Waals surface area contributed by atoms with Crippen molar-refractivity contribution in [2.75, 3.05) is 13.2 Å². The Labute approximate surface area is 193 Å². The van der Waals surface area contributed by atoms with Gasteiger partial charge >= 0.3 is 11.9 Å². The van der Waals surface area contributed by atoms with Crippen molar-refractivity contribution in [3.8, 4) is 11.5 Å². The summed E-state index contributed by atoms with van der Waals surface area (Å²) in [6.07, 6.45) is -3.51. The Morgan fingerprint density at radius 3 is 1.29 bits per heavy atom. The molecule has 182 valence electrons. The van der Waals surface area contributed by atoms with Crippen molar-refractivity contribution < 1.29 is 49.9 Å². The number of phenols is 2. The van der Waals surface area contributed by atoms with Crippen LogP contribution in [-0.2, 0) is 31.9 Å². The number of benzene rings is 2. The van der Waals surface area contributed by atoms with E-state index in [0.717, 1.165) is 0 Å². The normalized spacial score (nSPS) is 13.7. The molecule has 2 aromatic carbocycles. The summed E-state index contributed by atoms with van der Waals surface area (Å²) in [4.78, 5) is 24.1. The van der Waals surface area contributed by atoms with Crippen LogP contribution < -0.4 is 0 Å². The predicted molar refractivity (Wildman–Crippen MR) is 116 cm³/mol. The predicted octanol–water partition coefficient (Wildman–Crippen LogP) is 0.352. The number of aromatic hydroxyl groups is 2. The molecule has 2 rings (SSSR count). The molecule has 0 aromatic heterocycles. The van der Waals surface area contributed by atoms with Gasteiger partial charge in [-0.3, -0.25) is 0 Å². The summed E-state index contributed by atoms with van der Waals surface area (Å²) in [6.45, 7) is -1.39. The van der Waals surface area contributed by atoms with Crippen molar-refractivity contribution in [2.45, 2.75) is 25.0 Å². The Bertz CT molecular complexity index is 935. The van der Waals surface area contributed by atoms with Gasteiger partial charge in [0, 0.05) is 12.8 Å². The highest BCUT2D eigenvalue weighted by Gasteiger charge is 2.24. The molecule has 0 radical (unpaired) electrons. The van der Waals surface area contributed by atoms with Gasteiger partial charge in [-0.25, -0.2) is 9.59 Å². The maximum Gasteiger partial charge on any atom is 0.356 e. The molecular formula is C22H24N2O10. The van der Waals surface area contributed by atoms with Crippen LogP contribution in [0.3, 0.4) is 0 Å².